The third-order valence-corrected chi connectivity index (χ3v) is 9.54. The second-order valence-corrected chi connectivity index (χ2v) is 12.8. The van der Waals surface area contributed by atoms with Gasteiger partial charge in [0.05, 0.1) is 24.7 Å². The van der Waals surface area contributed by atoms with Crippen LogP contribution in [0.4, 0.5) is 5.69 Å². The summed E-state index contributed by atoms with van der Waals surface area (Å²) in [6.45, 7) is 2.39. The molecule has 0 fully saturated rings. The second kappa shape index (κ2) is 13.5. The number of ether oxygens (including phenoxy) is 2. The van der Waals surface area contributed by atoms with Gasteiger partial charge in [0, 0.05) is 17.8 Å². The molecule has 8 nitrogen and oxygen atoms in total. The van der Waals surface area contributed by atoms with Crippen LogP contribution in [0, 0.1) is 0 Å². The Morgan fingerprint density at radius 2 is 1.40 bits per heavy atom. The van der Waals surface area contributed by atoms with Crippen molar-refractivity contribution in [2.24, 2.45) is 4.99 Å². The van der Waals surface area contributed by atoms with Crippen molar-refractivity contribution in [3.05, 3.63) is 162 Å². The Morgan fingerprint density at radius 3 is 2.00 bits per heavy atom. The summed E-state index contributed by atoms with van der Waals surface area (Å²) < 4.78 is 40.1. The van der Waals surface area contributed by atoms with E-state index in [2.05, 4.69) is 9.62 Å². The van der Waals surface area contributed by atoms with Gasteiger partial charge in [-0.25, -0.2) is 18.2 Å². The van der Waals surface area contributed by atoms with Crippen LogP contribution in [-0.2, 0) is 31.6 Å². The monoisotopic (exact) mass is 645 g/mol. The Bertz CT molecular complexity index is 1950. The highest BCUT2D eigenvalue weighted by Gasteiger charge is 2.57. The van der Waals surface area contributed by atoms with E-state index in [1.165, 1.54) is 0 Å². The molecule has 9 heteroatoms. The van der Waals surface area contributed by atoms with Crippen molar-refractivity contribution in [2.45, 2.75) is 29.9 Å². The topological polar surface area (TPSA) is 97.3 Å². The Balaban J connectivity index is 1.52. The fourth-order valence-corrected chi connectivity index (χ4v) is 7.04. The SMILES string of the molecule is CCOC(=O)[C@@]1(c2ccccc2)N=C(c2ccc(OC)cc2)N(Cc2ccccc2)[C@H]1c1ccc(NS(=O)(=O)c2ccccc2)cc1. The number of rotatable bonds is 11. The Hall–Kier alpha value is -5.41. The van der Waals surface area contributed by atoms with E-state index in [1.807, 2.05) is 97.1 Å². The molecule has 0 saturated carbocycles. The van der Waals surface area contributed by atoms with E-state index >= 15 is 0 Å². The molecule has 6 rings (SSSR count). The highest BCUT2D eigenvalue weighted by Crippen LogP contribution is 2.50. The van der Waals surface area contributed by atoms with Gasteiger partial charge < -0.3 is 14.4 Å². The average Bonchev–Trinajstić information content (AvgIpc) is 3.45. The fraction of sp³-hybridized carbons (Fsp3) is 0.158. The van der Waals surface area contributed by atoms with E-state index < -0.39 is 27.6 Å². The molecular weight excluding hydrogens is 611 g/mol. The van der Waals surface area contributed by atoms with Gasteiger partial charge in [0.15, 0.2) is 0 Å². The first-order valence-electron chi connectivity index (χ1n) is 15.3. The Kier molecular flexibility index (Phi) is 9.08. The van der Waals surface area contributed by atoms with Gasteiger partial charge in [0.25, 0.3) is 10.0 Å². The first-order valence-corrected chi connectivity index (χ1v) is 16.8. The predicted octanol–water partition coefficient (Wildman–Crippen LogP) is 6.96. The predicted molar refractivity (Wildman–Crippen MR) is 183 cm³/mol. The van der Waals surface area contributed by atoms with Crippen LogP contribution in [0.25, 0.3) is 0 Å². The summed E-state index contributed by atoms with van der Waals surface area (Å²) >= 11 is 0. The molecule has 0 radical (unpaired) electrons. The molecule has 0 bridgehead atoms. The van der Waals surface area contributed by atoms with E-state index in [-0.39, 0.29) is 11.5 Å². The minimum absolute atomic E-state index is 0.164. The second-order valence-electron chi connectivity index (χ2n) is 11.1. The number of amidine groups is 1. The summed E-state index contributed by atoms with van der Waals surface area (Å²) in [5.41, 5.74) is 2.18. The highest BCUT2D eigenvalue weighted by atomic mass is 32.2. The number of aliphatic imine (C=N–C) groups is 1. The number of hydrogen-bond donors (Lipinski definition) is 1. The van der Waals surface area contributed by atoms with E-state index in [1.54, 1.807) is 56.5 Å². The molecule has 0 aromatic heterocycles. The van der Waals surface area contributed by atoms with E-state index in [4.69, 9.17) is 14.5 Å². The van der Waals surface area contributed by atoms with Crippen LogP contribution in [0.5, 0.6) is 5.75 Å². The van der Waals surface area contributed by atoms with Crippen molar-refractivity contribution >= 4 is 27.5 Å². The lowest BCUT2D eigenvalue weighted by molar-refractivity contribution is -0.151. The lowest BCUT2D eigenvalue weighted by Crippen LogP contribution is -2.44. The zero-order chi connectivity index (χ0) is 32.9. The van der Waals surface area contributed by atoms with Gasteiger partial charge in [-0.1, -0.05) is 91.0 Å². The van der Waals surface area contributed by atoms with Crippen LogP contribution in [0.1, 0.15) is 35.2 Å². The van der Waals surface area contributed by atoms with Crippen LogP contribution in [0.15, 0.2) is 149 Å². The summed E-state index contributed by atoms with van der Waals surface area (Å²) in [5.74, 6) is 0.839. The zero-order valence-electron chi connectivity index (χ0n) is 26.1. The summed E-state index contributed by atoms with van der Waals surface area (Å²) in [6, 6.07) is 41.7. The minimum atomic E-state index is -3.80. The van der Waals surface area contributed by atoms with Crippen LogP contribution in [-0.4, -0.2) is 38.8 Å². The molecule has 5 aromatic carbocycles. The fourth-order valence-electron chi connectivity index (χ4n) is 5.96. The summed E-state index contributed by atoms with van der Waals surface area (Å²) in [7, 11) is -2.19. The summed E-state index contributed by atoms with van der Waals surface area (Å²) in [5, 5.41) is 0. The van der Waals surface area contributed by atoms with Gasteiger partial charge in [-0.2, -0.15) is 0 Å². The number of carbonyl (C=O) groups excluding carboxylic acids is 1. The van der Waals surface area contributed by atoms with Crippen molar-refractivity contribution in [1.82, 2.24) is 4.90 Å². The summed E-state index contributed by atoms with van der Waals surface area (Å²) in [6.07, 6.45) is 0. The zero-order valence-corrected chi connectivity index (χ0v) is 26.9. The highest BCUT2D eigenvalue weighted by molar-refractivity contribution is 7.92. The molecule has 0 spiro atoms. The smallest absolute Gasteiger partial charge is 0.341 e. The average molecular weight is 646 g/mol. The first-order chi connectivity index (χ1) is 22.9. The maximum Gasteiger partial charge on any atom is 0.341 e. The van der Waals surface area contributed by atoms with Gasteiger partial charge >= 0.3 is 5.97 Å². The molecule has 1 N–H and O–H groups in total. The molecule has 2 atom stereocenters. The number of carbonyl (C=O) groups is 1. The number of esters is 1. The number of nitrogens with zero attached hydrogens (tertiary/aromatic N) is 2. The third-order valence-electron chi connectivity index (χ3n) is 8.14. The molecule has 1 heterocycles. The van der Waals surface area contributed by atoms with Crippen molar-refractivity contribution in [3.63, 3.8) is 0 Å². The molecule has 1 aliphatic heterocycles. The number of anilines is 1. The molecule has 238 valence electrons. The third kappa shape index (κ3) is 6.35. The molecule has 0 saturated heterocycles. The van der Waals surface area contributed by atoms with Crippen molar-refractivity contribution in [3.8, 4) is 5.75 Å². The molecular formula is C38H35N3O5S. The van der Waals surface area contributed by atoms with Gasteiger partial charge in [-0.05, 0) is 72.1 Å². The molecule has 5 aromatic rings. The Labute approximate surface area is 275 Å². The summed E-state index contributed by atoms with van der Waals surface area (Å²) in [4.78, 5) is 22.0. The first kappa shape index (κ1) is 31.6. The number of sulfonamides is 1. The molecule has 47 heavy (non-hydrogen) atoms. The Morgan fingerprint density at radius 1 is 0.809 bits per heavy atom. The van der Waals surface area contributed by atoms with Gasteiger partial charge in [-0.3, -0.25) is 4.72 Å². The van der Waals surface area contributed by atoms with Crippen LogP contribution >= 0.6 is 0 Å². The van der Waals surface area contributed by atoms with Crippen molar-refractivity contribution in [2.75, 3.05) is 18.4 Å². The van der Waals surface area contributed by atoms with Gasteiger partial charge in [0.2, 0.25) is 5.54 Å². The maximum atomic E-state index is 14.4. The van der Waals surface area contributed by atoms with Crippen LogP contribution < -0.4 is 9.46 Å². The molecule has 0 aliphatic carbocycles. The normalized spacial score (nSPS) is 17.5. The molecule has 0 amide bonds. The number of nitrogens with one attached hydrogen (secondary N) is 1. The largest absolute Gasteiger partial charge is 0.497 e. The van der Waals surface area contributed by atoms with Crippen molar-refractivity contribution in [1.29, 1.82) is 0 Å². The number of methoxy groups -OCH3 is 1. The number of benzene rings is 5. The quantitative estimate of drug-likeness (QED) is 0.156. The number of hydrogen-bond acceptors (Lipinski definition) is 7. The van der Waals surface area contributed by atoms with Crippen molar-refractivity contribution < 1.29 is 22.7 Å². The van der Waals surface area contributed by atoms with Crippen LogP contribution in [0.2, 0.25) is 0 Å². The lowest BCUT2D eigenvalue weighted by atomic mass is 9.79. The minimum Gasteiger partial charge on any atom is -0.497 e. The molecule has 1 aliphatic rings. The maximum absolute atomic E-state index is 14.4. The van der Waals surface area contributed by atoms with E-state index in [9.17, 15) is 13.2 Å². The van der Waals surface area contributed by atoms with Crippen LogP contribution in [0.3, 0.4) is 0 Å². The van der Waals surface area contributed by atoms with E-state index in [0.29, 0.717) is 29.4 Å². The lowest BCUT2D eigenvalue weighted by Gasteiger charge is -2.37. The van der Waals surface area contributed by atoms with Gasteiger partial charge in [-0.15, -0.1) is 0 Å². The molecule has 0 unspecified atom stereocenters. The van der Waals surface area contributed by atoms with E-state index in [0.717, 1.165) is 16.7 Å². The van der Waals surface area contributed by atoms with Gasteiger partial charge in [0.1, 0.15) is 11.6 Å². The standard InChI is InChI=1S/C38H35N3O5S/c1-3-46-37(42)38(31-15-9-5-10-16-31)35(29-19-23-32(24-20-29)40-47(43,44)34-17-11-6-12-18-34)41(27-28-13-7-4-8-14-28)36(39-38)30-21-25-33(45-2)26-22-30/h4-26,35,40H,3,27H2,1-2H3/t35-,38-/m0/s1.